The number of thiocarbonyl (C=S) groups is 1. The highest BCUT2D eigenvalue weighted by Gasteiger charge is 2.10. The largest absolute Gasteiger partial charge is 0.378 e. The Morgan fingerprint density at radius 1 is 1.19 bits per heavy atom. The van der Waals surface area contributed by atoms with Crippen molar-refractivity contribution < 1.29 is 4.74 Å². The molecule has 0 saturated carbocycles. The van der Waals surface area contributed by atoms with E-state index in [0.29, 0.717) is 0 Å². The van der Waals surface area contributed by atoms with Crippen molar-refractivity contribution in [1.29, 1.82) is 0 Å². The summed E-state index contributed by atoms with van der Waals surface area (Å²) in [6.07, 6.45) is 4.05. The van der Waals surface area contributed by atoms with Gasteiger partial charge in [-0.1, -0.05) is 48.6 Å². The number of hydrogen-bond donors (Lipinski definition) is 0. The van der Waals surface area contributed by atoms with Crippen LogP contribution in [0.5, 0.6) is 0 Å². The van der Waals surface area contributed by atoms with Gasteiger partial charge in [0.1, 0.15) is 4.99 Å². The van der Waals surface area contributed by atoms with Crippen molar-refractivity contribution in [2.24, 2.45) is 0 Å². The number of rotatable bonds is 2. The summed E-state index contributed by atoms with van der Waals surface area (Å²) in [5, 5.41) is 0. The Morgan fingerprint density at radius 2 is 1.88 bits per heavy atom. The summed E-state index contributed by atoms with van der Waals surface area (Å²) in [5.41, 5.74) is 1.18. The summed E-state index contributed by atoms with van der Waals surface area (Å²) < 4.78 is 5.29. The fraction of sp³-hybridized carbons (Fsp3) is 0.308. The van der Waals surface area contributed by atoms with Gasteiger partial charge in [0.15, 0.2) is 0 Å². The van der Waals surface area contributed by atoms with Crippen molar-refractivity contribution in [1.82, 2.24) is 4.90 Å². The molecule has 1 aliphatic rings. The van der Waals surface area contributed by atoms with E-state index in [9.17, 15) is 0 Å². The molecule has 2 nitrogen and oxygen atoms in total. The van der Waals surface area contributed by atoms with Crippen LogP contribution in [0.15, 0.2) is 36.4 Å². The average molecular weight is 233 g/mol. The Balaban J connectivity index is 1.93. The molecule has 2 rings (SSSR count). The van der Waals surface area contributed by atoms with Crippen LogP contribution in [0.3, 0.4) is 0 Å². The summed E-state index contributed by atoms with van der Waals surface area (Å²) >= 11 is 5.36. The molecule has 0 radical (unpaired) electrons. The van der Waals surface area contributed by atoms with Crippen LogP contribution < -0.4 is 0 Å². The molecular formula is C13H15NOS. The zero-order valence-corrected chi connectivity index (χ0v) is 9.95. The standard InChI is InChI=1S/C13H15NOS/c16-13(14-8-10-15-11-9-14)7-6-12-4-2-1-3-5-12/h1-7H,8-11H2/b7-6+. The van der Waals surface area contributed by atoms with Crippen LogP contribution in [0.25, 0.3) is 6.08 Å². The van der Waals surface area contributed by atoms with E-state index in [0.717, 1.165) is 31.3 Å². The molecule has 16 heavy (non-hydrogen) atoms. The first-order valence-electron chi connectivity index (χ1n) is 5.46. The highest BCUT2D eigenvalue weighted by Crippen LogP contribution is 2.04. The first-order chi connectivity index (χ1) is 7.86. The average Bonchev–Trinajstić information content (AvgIpc) is 2.38. The fourth-order valence-corrected chi connectivity index (χ4v) is 1.87. The second-order valence-corrected chi connectivity index (χ2v) is 4.10. The molecule has 1 aromatic rings. The van der Waals surface area contributed by atoms with Crippen molar-refractivity contribution in [2.75, 3.05) is 26.3 Å². The summed E-state index contributed by atoms with van der Waals surface area (Å²) in [4.78, 5) is 3.07. The third-order valence-electron chi connectivity index (χ3n) is 2.54. The quantitative estimate of drug-likeness (QED) is 0.575. The summed E-state index contributed by atoms with van der Waals surface area (Å²) in [6, 6.07) is 10.2. The Kier molecular flexibility index (Phi) is 4.08. The van der Waals surface area contributed by atoms with E-state index in [1.807, 2.05) is 24.3 Å². The van der Waals surface area contributed by atoms with Gasteiger partial charge in [0.2, 0.25) is 0 Å². The van der Waals surface area contributed by atoms with Gasteiger partial charge < -0.3 is 9.64 Å². The normalized spacial score (nSPS) is 16.6. The van der Waals surface area contributed by atoms with Crippen LogP contribution in [-0.4, -0.2) is 36.2 Å². The van der Waals surface area contributed by atoms with Crippen molar-refractivity contribution in [3.05, 3.63) is 42.0 Å². The molecule has 0 bridgehead atoms. The monoisotopic (exact) mass is 233 g/mol. The minimum Gasteiger partial charge on any atom is -0.378 e. The lowest BCUT2D eigenvalue weighted by Gasteiger charge is -2.27. The number of hydrogen-bond acceptors (Lipinski definition) is 2. The summed E-state index contributed by atoms with van der Waals surface area (Å²) in [7, 11) is 0. The van der Waals surface area contributed by atoms with E-state index in [4.69, 9.17) is 17.0 Å². The van der Waals surface area contributed by atoms with Gasteiger partial charge >= 0.3 is 0 Å². The topological polar surface area (TPSA) is 12.5 Å². The van der Waals surface area contributed by atoms with Gasteiger partial charge in [-0.25, -0.2) is 0 Å². The molecule has 0 unspecified atom stereocenters. The maximum absolute atomic E-state index is 5.36. The molecule has 1 aliphatic heterocycles. The minimum atomic E-state index is 0.777. The molecule has 1 heterocycles. The van der Waals surface area contributed by atoms with Crippen LogP contribution in [0.1, 0.15) is 5.56 Å². The van der Waals surface area contributed by atoms with Gasteiger partial charge in [0, 0.05) is 13.1 Å². The first-order valence-corrected chi connectivity index (χ1v) is 5.87. The number of ether oxygens (including phenoxy) is 1. The number of benzene rings is 1. The van der Waals surface area contributed by atoms with Crippen LogP contribution in [0.2, 0.25) is 0 Å². The van der Waals surface area contributed by atoms with Gasteiger partial charge in [-0.05, 0) is 11.6 Å². The van der Waals surface area contributed by atoms with Gasteiger partial charge in [-0.2, -0.15) is 0 Å². The van der Waals surface area contributed by atoms with Gasteiger partial charge in [0.05, 0.1) is 13.2 Å². The fourth-order valence-electron chi connectivity index (χ4n) is 1.62. The summed E-state index contributed by atoms with van der Waals surface area (Å²) in [6.45, 7) is 3.36. The zero-order valence-electron chi connectivity index (χ0n) is 9.13. The Morgan fingerprint density at radius 3 is 2.56 bits per heavy atom. The maximum atomic E-state index is 5.36. The summed E-state index contributed by atoms with van der Waals surface area (Å²) in [5.74, 6) is 0. The lowest BCUT2D eigenvalue weighted by atomic mass is 10.2. The lowest BCUT2D eigenvalue weighted by Crippen LogP contribution is -2.38. The Bertz CT molecular complexity index is 369. The molecule has 1 aromatic carbocycles. The first kappa shape index (κ1) is 11.3. The van der Waals surface area contributed by atoms with Gasteiger partial charge in [-0.15, -0.1) is 0 Å². The number of nitrogens with zero attached hydrogens (tertiary/aromatic N) is 1. The highest BCUT2D eigenvalue weighted by atomic mass is 32.1. The smallest absolute Gasteiger partial charge is 0.102 e. The van der Waals surface area contributed by atoms with E-state index < -0.39 is 0 Å². The van der Waals surface area contributed by atoms with Crippen molar-refractivity contribution in [2.45, 2.75) is 0 Å². The molecule has 0 spiro atoms. The van der Waals surface area contributed by atoms with Crippen molar-refractivity contribution in [3.63, 3.8) is 0 Å². The molecule has 1 fully saturated rings. The van der Waals surface area contributed by atoms with Gasteiger partial charge in [-0.3, -0.25) is 0 Å². The van der Waals surface area contributed by atoms with Crippen LogP contribution in [0, 0.1) is 0 Å². The van der Waals surface area contributed by atoms with Gasteiger partial charge in [0.25, 0.3) is 0 Å². The second kappa shape index (κ2) is 5.77. The minimum absolute atomic E-state index is 0.777. The molecule has 0 aromatic heterocycles. The Hall–Kier alpha value is -1.19. The molecule has 0 aliphatic carbocycles. The molecule has 84 valence electrons. The number of morpholine rings is 1. The zero-order chi connectivity index (χ0) is 11.2. The highest BCUT2D eigenvalue weighted by molar-refractivity contribution is 7.80. The van der Waals surface area contributed by atoms with E-state index in [-0.39, 0.29) is 0 Å². The maximum Gasteiger partial charge on any atom is 0.102 e. The van der Waals surface area contributed by atoms with Crippen molar-refractivity contribution in [3.8, 4) is 0 Å². The van der Waals surface area contributed by atoms with E-state index in [1.54, 1.807) is 0 Å². The third kappa shape index (κ3) is 3.15. The molecule has 0 N–H and O–H groups in total. The van der Waals surface area contributed by atoms with E-state index in [2.05, 4.69) is 23.1 Å². The van der Waals surface area contributed by atoms with Crippen LogP contribution in [-0.2, 0) is 4.74 Å². The molecule has 0 atom stereocenters. The SMILES string of the molecule is S=C(/C=C/c1ccccc1)N1CCOCC1. The predicted molar refractivity (Wildman–Crippen MR) is 70.5 cm³/mol. The van der Waals surface area contributed by atoms with E-state index in [1.165, 1.54) is 5.56 Å². The third-order valence-corrected chi connectivity index (χ3v) is 2.93. The van der Waals surface area contributed by atoms with Crippen LogP contribution >= 0.6 is 12.2 Å². The molecule has 1 saturated heterocycles. The van der Waals surface area contributed by atoms with E-state index >= 15 is 0 Å². The second-order valence-electron chi connectivity index (χ2n) is 3.68. The molecule has 3 heteroatoms. The molecular weight excluding hydrogens is 218 g/mol. The predicted octanol–water partition coefficient (Wildman–Crippen LogP) is 2.36. The lowest BCUT2D eigenvalue weighted by molar-refractivity contribution is 0.0694. The van der Waals surface area contributed by atoms with Crippen LogP contribution in [0.4, 0.5) is 0 Å². The van der Waals surface area contributed by atoms with Crippen molar-refractivity contribution >= 4 is 23.3 Å². The Labute approximate surface area is 102 Å². The molecule has 0 amide bonds.